The summed E-state index contributed by atoms with van der Waals surface area (Å²) < 4.78 is 46.3. The van der Waals surface area contributed by atoms with Crippen LogP contribution in [-0.4, -0.2) is 42.6 Å². The average Bonchev–Trinajstić information content (AvgIpc) is 3.18. The van der Waals surface area contributed by atoms with Gasteiger partial charge in [0.05, 0.1) is 17.0 Å². The fourth-order valence-electron chi connectivity index (χ4n) is 5.75. The first-order valence-corrected chi connectivity index (χ1v) is 14.8. The molecule has 3 N–H and O–H groups in total. The van der Waals surface area contributed by atoms with Gasteiger partial charge in [0.15, 0.2) is 5.69 Å². The Morgan fingerprint density at radius 2 is 1.80 bits per heavy atom. The van der Waals surface area contributed by atoms with Crippen molar-refractivity contribution in [2.45, 2.75) is 63.1 Å². The Labute approximate surface area is 237 Å². The zero-order valence-corrected chi connectivity index (χ0v) is 24.0. The number of aryl methyl sites for hydroxylation is 2. The number of aromatic hydroxyl groups is 1. The number of rotatable bonds is 8. The van der Waals surface area contributed by atoms with Crippen LogP contribution in [0.2, 0.25) is 0 Å². The van der Waals surface area contributed by atoms with Crippen LogP contribution in [0, 0.1) is 25.1 Å². The molecule has 3 heterocycles. The van der Waals surface area contributed by atoms with E-state index in [-0.39, 0.29) is 30.4 Å². The van der Waals surface area contributed by atoms with Crippen molar-refractivity contribution in [2.24, 2.45) is 5.41 Å². The van der Waals surface area contributed by atoms with Crippen LogP contribution in [0.25, 0.3) is 0 Å². The van der Waals surface area contributed by atoms with Gasteiger partial charge in [0.1, 0.15) is 11.6 Å². The van der Waals surface area contributed by atoms with Gasteiger partial charge in [0.2, 0.25) is 5.75 Å². The van der Waals surface area contributed by atoms with Crippen LogP contribution in [0.3, 0.4) is 0 Å². The van der Waals surface area contributed by atoms with E-state index < -0.39 is 44.0 Å². The lowest BCUT2D eigenvalue weighted by Crippen LogP contribution is -2.46. The molecule has 0 unspecified atom stereocenters. The molecule has 41 heavy (non-hydrogen) atoms. The number of halogens is 1. The molecule has 1 aliphatic carbocycles. The number of amides is 1. The lowest BCUT2D eigenvalue weighted by atomic mass is 9.69. The largest absolute Gasteiger partial charge is 0.501 e. The van der Waals surface area contributed by atoms with Gasteiger partial charge in [-0.1, -0.05) is 29.8 Å². The second-order valence-corrected chi connectivity index (χ2v) is 12.8. The fraction of sp³-hybridized carbons (Fsp3) is 0.414. The Balaban J connectivity index is 1.43. The Morgan fingerprint density at radius 3 is 2.44 bits per heavy atom. The van der Waals surface area contributed by atoms with E-state index in [9.17, 15) is 27.5 Å². The maximum atomic E-state index is 13.6. The fourth-order valence-corrected chi connectivity index (χ4v) is 6.76. The maximum absolute atomic E-state index is 13.6. The molecule has 1 amide bonds. The molecular weight excluding hydrogens is 551 g/mol. The standard InChI is InChI=1S/C29H33FN4O6S/c1-18-4-7-21(8-5-18)41(38,39)40-17-28-10-12-29(31-3,13-11-28)27-33-23(24(35)26(37)34(27)16-28)25(36)32-15-20-6-9-22(30)19(2)14-20/h4-9,14,31,35H,10-13,15-17H2,1-3H3,(H,32,36). The Hall–Kier alpha value is -3.61. The molecule has 0 spiro atoms. The number of hydrogen-bond donors (Lipinski definition) is 3. The topological polar surface area (TPSA) is 140 Å². The third kappa shape index (κ3) is 5.39. The second kappa shape index (κ2) is 10.7. The van der Waals surface area contributed by atoms with Gasteiger partial charge in [-0.2, -0.15) is 8.42 Å². The number of aromatic nitrogens is 2. The van der Waals surface area contributed by atoms with Crippen LogP contribution in [0.15, 0.2) is 52.2 Å². The van der Waals surface area contributed by atoms with Crippen molar-refractivity contribution in [3.05, 3.63) is 86.8 Å². The van der Waals surface area contributed by atoms with Gasteiger partial charge in [0, 0.05) is 18.5 Å². The molecule has 1 fully saturated rings. The molecule has 2 aromatic carbocycles. The van der Waals surface area contributed by atoms with E-state index in [1.54, 1.807) is 32.2 Å². The third-order valence-corrected chi connectivity index (χ3v) is 9.71. The van der Waals surface area contributed by atoms with Crippen molar-refractivity contribution in [1.29, 1.82) is 0 Å². The lowest BCUT2D eigenvalue weighted by molar-refractivity contribution is 0.0629. The van der Waals surface area contributed by atoms with Gasteiger partial charge >= 0.3 is 0 Å². The molecule has 2 aliphatic heterocycles. The normalized spacial score (nSPS) is 21.8. The molecule has 10 nitrogen and oxygen atoms in total. The van der Waals surface area contributed by atoms with Crippen LogP contribution < -0.4 is 16.2 Å². The molecule has 0 saturated heterocycles. The molecule has 12 heteroatoms. The predicted octanol–water partition coefficient (Wildman–Crippen LogP) is 3.03. The Kier molecular flexibility index (Phi) is 7.51. The first-order valence-electron chi connectivity index (χ1n) is 13.4. The van der Waals surface area contributed by atoms with Gasteiger partial charge in [-0.15, -0.1) is 0 Å². The third-order valence-electron chi connectivity index (χ3n) is 8.43. The van der Waals surface area contributed by atoms with Crippen LogP contribution >= 0.6 is 0 Å². The number of carbonyl (C=O) groups is 1. The number of nitrogens with zero attached hydrogens (tertiary/aromatic N) is 2. The molecule has 1 aromatic heterocycles. The van der Waals surface area contributed by atoms with E-state index in [1.165, 1.54) is 28.8 Å². The summed E-state index contributed by atoms with van der Waals surface area (Å²) in [6.07, 6.45) is 2.10. The monoisotopic (exact) mass is 584 g/mol. The summed E-state index contributed by atoms with van der Waals surface area (Å²) in [6, 6.07) is 10.8. The average molecular weight is 585 g/mol. The molecule has 2 bridgehead atoms. The first-order chi connectivity index (χ1) is 19.4. The lowest BCUT2D eigenvalue weighted by Gasteiger charge is -2.41. The second-order valence-electron chi connectivity index (χ2n) is 11.2. The van der Waals surface area contributed by atoms with Crippen molar-refractivity contribution >= 4 is 16.0 Å². The van der Waals surface area contributed by atoms with Crippen molar-refractivity contribution in [3.63, 3.8) is 0 Å². The number of benzene rings is 2. The van der Waals surface area contributed by atoms with Crippen LogP contribution in [0.4, 0.5) is 4.39 Å². The number of fused-ring (bicyclic) bond motifs is 2. The van der Waals surface area contributed by atoms with Crippen LogP contribution in [0.1, 0.15) is 58.7 Å². The van der Waals surface area contributed by atoms with Gasteiger partial charge in [-0.25, -0.2) is 9.37 Å². The minimum Gasteiger partial charge on any atom is -0.501 e. The summed E-state index contributed by atoms with van der Waals surface area (Å²) in [5.41, 5.74) is -0.645. The van der Waals surface area contributed by atoms with E-state index in [2.05, 4.69) is 15.6 Å². The number of carbonyl (C=O) groups excluding carboxylic acids is 1. The summed E-state index contributed by atoms with van der Waals surface area (Å²) in [5, 5.41) is 16.7. The van der Waals surface area contributed by atoms with Gasteiger partial charge in [-0.05, 0) is 75.9 Å². The highest BCUT2D eigenvalue weighted by Crippen LogP contribution is 2.49. The number of nitrogens with one attached hydrogen (secondary N) is 2. The molecule has 3 aromatic rings. The zero-order valence-electron chi connectivity index (χ0n) is 23.2. The summed E-state index contributed by atoms with van der Waals surface area (Å²) in [5.74, 6) is -1.58. The summed E-state index contributed by atoms with van der Waals surface area (Å²) in [6.45, 7) is 3.45. The van der Waals surface area contributed by atoms with Crippen molar-refractivity contribution in [2.75, 3.05) is 13.7 Å². The van der Waals surface area contributed by atoms with Crippen molar-refractivity contribution in [1.82, 2.24) is 20.2 Å². The SMILES string of the molecule is CNC12CCC(COS(=O)(=O)c3ccc(C)cc3)(CC1)Cn1c2nc(C(=O)NCc2ccc(F)c(C)c2)c(O)c1=O. The van der Waals surface area contributed by atoms with Crippen LogP contribution in [0.5, 0.6) is 5.75 Å². The Morgan fingerprint density at radius 1 is 1.12 bits per heavy atom. The quantitative estimate of drug-likeness (QED) is 0.344. The Bertz CT molecular complexity index is 1660. The number of hydrogen-bond acceptors (Lipinski definition) is 8. The molecule has 0 atom stereocenters. The highest BCUT2D eigenvalue weighted by Gasteiger charge is 2.50. The molecular formula is C29H33FN4O6S. The van der Waals surface area contributed by atoms with Gasteiger partial charge in [-0.3, -0.25) is 18.3 Å². The summed E-state index contributed by atoms with van der Waals surface area (Å²) in [7, 11) is -2.28. The summed E-state index contributed by atoms with van der Waals surface area (Å²) >= 11 is 0. The molecule has 3 aliphatic rings. The molecule has 1 saturated carbocycles. The zero-order chi connectivity index (χ0) is 29.6. The van der Waals surface area contributed by atoms with Crippen LogP contribution in [-0.2, 0) is 32.9 Å². The maximum Gasteiger partial charge on any atom is 0.296 e. The highest BCUT2D eigenvalue weighted by atomic mass is 32.2. The molecule has 218 valence electrons. The van der Waals surface area contributed by atoms with E-state index in [1.807, 2.05) is 6.92 Å². The molecule has 0 radical (unpaired) electrons. The minimum atomic E-state index is -4.03. The van der Waals surface area contributed by atoms with E-state index in [0.717, 1.165) is 5.56 Å². The van der Waals surface area contributed by atoms with Crippen molar-refractivity contribution < 1.29 is 26.9 Å². The van der Waals surface area contributed by atoms with E-state index in [0.29, 0.717) is 42.6 Å². The van der Waals surface area contributed by atoms with Gasteiger partial charge in [0.25, 0.3) is 21.6 Å². The van der Waals surface area contributed by atoms with E-state index >= 15 is 0 Å². The highest BCUT2D eigenvalue weighted by molar-refractivity contribution is 7.86. The smallest absolute Gasteiger partial charge is 0.296 e. The van der Waals surface area contributed by atoms with E-state index in [4.69, 9.17) is 4.18 Å². The van der Waals surface area contributed by atoms with Crippen molar-refractivity contribution in [3.8, 4) is 5.75 Å². The minimum absolute atomic E-state index is 0.0482. The summed E-state index contributed by atoms with van der Waals surface area (Å²) in [4.78, 5) is 31.1. The predicted molar refractivity (Wildman–Crippen MR) is 148 cm³/mol. The van der Waals surface area contributed by atoms with Gasteiger partial charge < -0.3 is 15.7 Å². The first kappa shape index (κ1) is 28.9. The molecule has 6 rings (SSSR count).